The van der Waals surface area contributed by atoms with Gasteiger partial charge in [-0.05, 0) is 31.2 Å². The number of methoxy groups -OCH3 is 1. The van der Waals surface area contributed by atoms with Crippen LogP contribution in [0.1, 0.15) is 15.9 Å². The minimum Gasteiger partial charge on any atom is -0.493 e. The van der Waals surface area contributed by atoms with Crippen LogP contribution in [0.2, 0.25) is 0 Å². The van der Waals surface area contributed by atoms with Gasteiger partial charge in [-0.2, -0.15) is 0 Å². The van der Waals surface area contributed by atoms with Crippen LogP contribution in [0.15, 0.2) is 30.5 Å². The number of nitrogen functional groups attached to an aromatic ring is 1. The fraction of sp³-hybridized carbons (Fsp3) is 0.143. The Hall–Kier alpha value is -2.76. The van der Waals surface area contributed by atoms with Gasteiger partial charge < -0.3 is 20.9 Å². The van der Waals surface area contributed by atoms with Gasteiger partial charge in [0.05, 0.1) is 19.0 Å². The van der Waals surface area contributed by atoms with Gasteiger partial charge in [-0.25, -0.2) is 4.98 Å². The third-order valence-corrected chi connectivity index (χ3v) is 2.71. The Labute approximate surface area is 116 Å². The molecule has 104 valence electrons. The lowest BCUT2D eigenvalue weighted by Gasteiger charge is -2.12. The summed E-state index contributed by atoms with van der Waals surface area (Å²) >= 11 is 0. The number of ether oxygens (including phenoxy) is 2. The second-order valence-electron chi connectivity index (χ2n) is 4.22. The van der Waals surface area contributed by atoms with Crippen LogP contribution in [0.4, 0.5) is 5.69 Å². The molecule has 0 bridgehead atoms. The normalized spacial score (nSPS) is 10.1. The van der Waals surface area contributed by atoms with Crippen LogP contribution in [0.25, 0.3) is 0 Å². The minimum atomic E-state index is -0.531. The number of hydrogen-bond donors (Lipinski definition) is 2. The molecule has 0 atom stereocenters. The molecule has 1 heterocycles. The molecular weight excluding hydrogens is 258 g/mol. The van der Waals surface area contributed by atoms with Crippen LogP contribution in [0.5, 0.6) is 17.4 Å². The zero-order valence-corrected chi connectivity index (χ0v) is 11.2. The standard InChI is InChI=1S/C14H15N3O3/c1-8-5-10(15)7-17-14(8)20-11-4-3-9(13(16)18)6-12(11)19-2/h3-7H,15H2,1-2H3,(H2,16,18). The molecule has 0 aliphatic heterocycles. The maximum atomic E-state index is 11.1. The van der Waals surface area contributed by atoms with Crippen LogP contribution < -0.4 is 20.9 Å². The Morgan fingerprint density at radius 3 is 2.60 bits per heavy atom. The van der Waals surface area contributed by atoms with Gasteiger partial charge in [-0.3, -0.25) is 4.79 Å². The Morgan fingerprint density at radius 1 is 1.25 bits per heavy atom. The van der Waals surface area contributed by atoms with Gasteiger partial charge in [-0.1, -0.05) is 0 Å². The lowest BCUT2D eigenvalue weighted by Crippen LogP contribution is -2.10. The first kappa shape index (κ1) is 13.7. The number of aryl methyl sites for hydroxylation is 1. The first-order valence-electron chi connectivity index (χ1n) is 5.89. The predicted octanol–water partition coefficient (Wildman–Crippen LogP) is 1.87. The maximum absolute atomic E-state index is 11.1. The molecular formula is C14H15N3O3. The zero-order valence-electron chi connectivity index (χ0n) is 11.2. The molecule has 0 spiro atoms. The van der Waals surface area contributed by atoms with E-state index in [1.54, 1.807) is 18.2 Å². The number of rotatable bonds is 4. The van der Waals surface area contributed by atoms with E-state index in [0.29, 0.717) is 28.6 Å². The molecule has 0 aliphatic carbocycles. The van der Waals surface area contributed by atoms with Crippen molar-refractivity contribution >= 4 is 11.6 Å². The first-order valence-corrected chi connectivity index (χ1v) is 5.89. The zero-order chi connectivity index (χ0) is 14.7. The molecule has 0 aliphatic rings. The summed E-state index contributed by atoms with van der Waals surface area (Å²) in [5.74, 6) is 0.734. The number of nitrogens with two attached hydrogens (primary N) is 2. The minimum absolute atomic E-state index is 0.344. The third-order valence-electron chi connectivity index (χ3n) is 2.71. The molecule has 0 unspecified atom stereocenters. The molecule has 6 nitrogen and oxygen atoms in total. The topological polar surface area (TPSA) is 100 Å². The van der Waals surface area contributed by atoms with Crippen molar-refractivity contribution in [2.24, 2.45) is 5.73 Å². The summed E-state index contributed by atoms with van der Waals surface area (Å²) in [6, 6.07) is 6.44. The molecule has 0 saturated heterocycles. The van der Waals surface area contributed by atoms with Gasteiger partial charge in [-0.15, -0.1) is 0 Å². The van der Waals surface area contributed by atoms with Crippen molar-refractivity contribution in [2.45, 2.75) is 6.92 Å². The number of nitrogens with zero attached hydrogens (tertiary/aromatic N) is 1. The van der Waals surface area contributed by atoms with E-state index < -0.39 is 5.91 Å². The summed E-state index contributed by atoms with van der Waals surface area (Å²) in [5.41, 5.74) is 12.6. The largest absolute Gasteiger partial charge is 0.493 e. The molecule has 2 rings (SSSR count). The number of carbonyl (C=O) groups is 1. The van der Waals surface area contributed by atoms with E-state index >= 15 is 0 Å². The smallest absolute Gasteiger partial charge is 0.248 e. The van der Waals surface area contributed by atoms with E-state index in [0.717, 1.165) is 5.56 Å². The molecule has 20 heavy (non-hydrogen) atoms. The van der Waals surface area contributed by atoms with E-state index in [1.807, 2.05) is 6.92 Å². The molecule has 0 radical (unpaired) electrons. The fourth-order valence-corrected chi connectivity index (χ4v) is 1.70. The fourth-order valence-electron chi connectivity index (χ4n) is 1.70. The average molecular weight is 273 g/mol. The van der Waals surface area contributed by atoms with E-state index in [4.69, 9.17) is 20.9 Å². The lowest BCUT2D eigenvalue weighted by atomic mass is 10.2. The summed E-state index contributed by atoms with van der Waals surface area (Å²) < 4.78 is 10.9. The monoisotopic (exact) mass is 273 g/mol. The third kappa shape index (κ3) is 2.80. The number of primary amides is 1. The van der Waals surface area contributed by atoms with Gasteiger partial charge in [0, 0.05) is 11.1 Å². The van der Waals surface area contributed by atoms with Crippen molar-refractivity contribution in [2.75, 3.05) is 12.8 Å². The van der Waals surface area contributed by atoms with Crippen LogP contribution in [0.3, 0.4) is 0 Å². The summed E-state index contributed by atoms with van der Waals surface area (Å²) in [6.07, 6.45) is 1.51. The van der Waals surface area contributed by atoms with E-state index in [1.165, 1.54) is 19.4 Å². The van der Waals surface area contributed by atoms with Gasteiger partial charge in [0.2, 0.25) is 11.8 Å². The van der Waals surface area contributed by atoms with Crippen molar-refractivity contribution in [1.29, 1.82) is 0 Å². The molecule has 0 saturated carbocycles. The van der Waals surface area contributed by atoms with Crippen molar-refractivity contribution in [3.05, 3.63) is 41.6 Å². The quantitative estimate of drug-likeness (QED) is 0.885. The highest BCUT2D eigenvalue weighted by Crippen LogP contribution is 2.32. The number of anilines is 1. The lowest BCUT2D eigenvalue weighted by molar-refractivity contribution is 0.1000. The second kappa shape index (κ2) is 5.48. The highest BCUT2D eigenvalue weighted by Gasteiger charge is 2.11. The van der Waals surface area contributed by atoms with Crippen molar-refractivity contribution in [3.63, 3.8) is 0 Å². The van der Waals surface area contributed by atoms with E-state index in [2.05, 4.69) is 4.98 Å². The van der Waals surface area contributed by atoms with Crippen molar-refractivity contribution in [1.82, 2.24) is 4.98 Å². The molecule has 4 N–H and O–H groups in total. The Bertz CT molecular complexity index is 656. The first-order chi connectivity index (χ1) is 9.51. The predicted molar refractivity (Wildman–Crippen MR) is 75.0 cm³/mol. The average Bonchev–Trinajstić information content (AvgIpc) is 2.42. The Morgan fingerprint density at radius 2 is 2.00 bits per heavy atom. The summed E-state index contributed by atoms with van der Waals surface area (Å²) in [4.78, 5) is 15.2. The van der Waals surface area contributed by atoms with Gasteiger partial charge >= 0.3 is 0 Å². The molecule has 1 aromatic carbocycles. The van der Waals surface area contributed by atoms with Crippen LogP contribution >= 0.6 is 0 Å². The number of aromatic nitrogens is 1. The van der Waals surface area contributed by atoms with Gasteiger partial charge in [0.1, 0.15) is 0 Å². The van der Waals surface area contributed by atoms with Crippen molar-refractivity contribution in [3.8, 4) is 17.4 Å². The van der Waals surface area contributed by atoms with Crippen LogP contribution in [0, 0.1) is 6.92 Å². The molecule has 2 aromatic rings. The highest BCUT2D eigenvalue weighted by molar-refractivity contribution is 5.93. The van der Waals surface area contributed by atoms with Crippen molar-refractivity contribution < 1.29 is 14.3 Å². The van der Waals surface area contributed by atoms with E-state index in [-0.39, 0.29) is 0 Å². The van der Waals surface area contributed by atoms with Gasteiger partial charge in [0.25, 0.3) is 0 Å². The van der Waals surface area contributed by atoms with Crippen LogP contribution in [-0.4, -0.2) is 18.0 Å². The summed E-state index contributed by atoms with van der Waals surface area (Å²) in [5, 5.41) is 0. The summed E-state index contributed by atoms with van der Waals surface area (Å²) in [7, 11) is 1.48. The number of carbonyl (C=O) groups excluding carboxylic acids is 1. The number of pyridine rings is 1. The Balaban J connectivity index is 2.35. The molecule has 6 heteroatoms. The highest BCUT2D eigenvalue weighted by atomic mass is 16.5. The molecule has 1 aromatic heterocycles. The SMILES string of the molecule is COc1cc(C(N)=O)ccc1Oc1ncc(N)cc1C. The number of benzene rings is 1. The summed E-state index contributed by atoms with van der Waals surface area (Å²) in [6.45, 7) is 1.84. The molecule has 0 fully saturated rings. The van der Waals surface area contributed by atoms with Crippen LogP contribution in [-0.2, 0) is 0 Å². The Kier molecular flexibility index (Phi) is 3.74. The maximum Gasteiger partial charge on any atom is 0.248 e. The van der Waals surface area contributed by atoms with Gasteiger partial charge in [0.15, 0.2) is 11.5 Å². The number of hydrogen-bond acceptors (Lipinski definition) is 5. The van der Waals surface area contributed by atoms with E-state index in [9.17, 15) is 4.79 Å². The molecule has 1 amide bonds. The second-order valence-corrected chi connectivity index (χ2v) is 4.22. The number of amides is 1.